The first-order chi connectivity index (χ1) is 7.39. The Morgan fingerprint density at radius 1 is 1.12 bits per heavy atom. The Hall–Kier alpha value is 0. The van der Waals surface area contributed by atoms with Crippen molar-refractivity contribution in [3.63, 3.8) is 0 Å². The summed E-state index contributed by atoms with van der Waals surface area (Å²) in [5, 5.41) is 0. The fourth-order valence-electron chi connectivity index (χ4n) is 5.15. The lowest BCUT2D eigenvalue weighted by Crippen LogP contribution is -2.42. The lowest BCUT2D eigenvalue weighted by Gasteiger charge is -2.50. The minimum Gasteiger partial charge on any atom is -0.0628 e. The summed E-state index contributed by atoms with van der Waals surface area (Å²) >= 11 is 0. The molecule has 0 radical (unpaired) electrons. The monoisotopic (exact) mass is 222 g/mol. The largest absolute Gasteiger partial charge is 0.0628 e. The van der Waals surface area contributed by atoms with Gasteiger partial charge in [0.25, 0.3) is 0 Å². The molecular formula is C16H30. The topological polar surface area (TPSA) is 0 Å². The lowest BCUT2D eigenvalue weighted by atomic mass is 9.55. The number of hydrogen-bond donors (Lipinski definition) is 0. The second-order valence-electron chi connectivity index (χ2n) is 7.59. The molecule has 0 aliphatic heterocycles. The van der Waals surface area contributed by atoms with Crippen molar-refractivity contribution in [3.05, 3.63) is 0 Å². The summed E-state index contributed by atoms with van der Waals surface area (Å²) in [6, 6.07) is 0. The molecule has 2 aliphatic carbocycles. The fourth-order valence-corrected chi connectivity index (χ4v) is 5.15. The van der Waals surface area contributed by atoms with Gasteiger partial charge in [-0.25, -0.2) is 0 Å². The highest BCUT2D eigenvalue weighted by molar-refractivity contribution is 5.05. The van der Waals surface area contributed by atoms with Gasteiger partial charge in [0, 0.05) is 0 Å². The molecule has 94 valence electrons. The minimum absolute atomic E-state index is 0.626. The molecule has 4 unspecified atom stereocenters. The Morgan fingerprint density at radius 3 is 2.44 bits per heavy atom. The lowest BCUT2D eigenvalue weighted by molar-refractivity contribution is -0.00951. The molecule has 2 rings (SSSR count). The van der Waals surface area contributed by atoms with E-state index in [-0.39, 0.29) is 0 Å². The van der Waals surface area contributed by atoms with E-state index in [1.807, 2.05) is 0 Å². The summed E-state index contributed by atoms with van der Waals surface area (Å²) in [6.45, 7) is 12.5. The SMILES string of the molecule is CC(C)CC1(C)CCC2C(C)CCCC21C. The molecular weight excluding hydrogens is 192 g/mol. The van der Waals surface area contributed by atoms with Crippen molar-refractivity contribution in [2.45, 2.75) is 73.1 Å². The van der Waals surface area contributed by atoms with E-state index in [0.29, 0.717) is 10.8 Å². The van der Waals surface area contributed by atoms with E-state index in [1.54, 1.807) is 0 Å². The maximum atomic E-state index is 2.61. The summed E-state index contributed by atoms with van der Waals surface area (Å²) in [5.41, 5.74) is 1.27. The average molecular weight is 222 g/mol. The molecule has 4 atom stereocenters. The molecule has 0 spiro atoms. The predicted octanol–water partition coefficient (Wildman–Crippen LogP) is 5.28. The molecule has 0 N–H and O–H groups in total. The highest BCUT2D eigenvalue weighted by Crippen LogP contribution is 2.65. The summed E-state index contributed by atoms with van der Waals surface area (Å²) in [5.74, 6) is 2.86. The highest BCUT2D eigenvalue weighted by atomic mass is 14.6. The molecule has 0 heteroatoms. The molecule has 0 nitrogen and oxygen atoms in total. The van der Waals surface area contributed by atoms with Crippen LogP contribution in [0.2, 0.25) is 0 Å². The first-order valence-corrected chi connectivity index (χ1v) is 7.39. The normalized spacial score (nSPS) is 48.4. The fraction of sp³-hybridized carbons (Fsp3) is 1.00. The maximum Gasteiger partial charge on any atom is -0.0241 e. The zero-order valence-electron chi connectivity index (χ0n) is 12.0. The van der Waals surface area contributed by atoms with Crippen molar-refractivity contribution < 1.29 is 0 Å². The van der Waals surface area contributed by atoms with Gasteiger partial charge in [0.1, 0.15) is 0 Å². The van der Waals surface area contributed by atoms with Gasteiger partial charge in [-0.15, -0.1) is 0 Å². The van der Waals surface area contributed by atoms with Gasteiger partial charge >= 0.3 is 0 Å². The van der Waals surface area contributed by atoms with Crippen LogP contribution in [0.25, 0.3) is 0 Å². The van der Waals surface area contributed by atoms with E-state index >= 15 is 0 Å². The Kier molecular flexibility index (Phi) is 3.14. The zero-order chi connectivity index (χ0) is 12.0. The van der Waals surface area contributed by atoms with Crippen LogP contribution >= 0.6 is 0 Å². The van der Waals surface area contributed by atoms with Gasteiger partial charge in [0.05, 0.1) is 0 Å². The van der Waals surface area contributed by atoms with Crippen LogP contribution < -0.4 is 0 Å². The van der Waals surface area contributed by atoms with Crippen molar-refractivity contribution in [3.8, 4) is 0 Å². The van der Waals surface area contributed by atoms with E-state index in [0.717, 1.165) is 17.8 Å². The van der Waals surface area contributed by atoms with Crippen LogP contribution in [-0.4, -0.2) is 0 Å². The Bertz CT molecular complexity index is 255. The molecule has 0 saturated heterocycles. The molecule has 16 heavy (non-hydrogen) atoms. The summed E-state index contributed by atoms with van der Waals surface area (Å²) in [6.07, 6.45) is 8.87. The molecule has 0 aromatic rings. The maximum absolute atomic E-state index is 2.61. The van der Waals surface area contributed by atoms with Gasteiger partial charge in [0.15, 0.2) is 0 Å². The van der Waals surface area contributed by atoms with Crippen molar-refractivity contribution in [1.29, 1.82) is 0 Å². The van der Waals surface area contributed by atoms with Gasteiger partial charge in [-0.3, -0.25) is 0 Å². The van der Waals surface area contributed by atoms with Gasteiger partial charge < -0.3 is 0 Å². The highest BCUT2D eigenvalue weighted by Gasteiger charge is 2.56. The number of rotatable bonds is 2. The standard InChI is InChI=1S/C16H30/c1-12(2)11-15(4)10-8-14-13(3)7-6-9-16(14,15)5/h12-14H,6-11H2,1-5H3. The van der Waals surface area contributed by atoms with E-state index in [1.165, 1.54) is 38.5 Å². The Balaban J connectivity index is 2.23. The first-order valence-electron chi connectivity index (χ1n) is 7.39. The summed E-state index contributed by atoms with van der Waals surface area (Å²) < 4.78 is 0. The second-order valence-corrected chi connectivity index (χ2v) is 7.59. The van der Waals surface area contributed by atoms with Crippen molar-refractivity contribution >= 4 is 0 Å². The smallest absolute Gasteiger partial charge is 0.0241 e. The third kappa shape index (κ3) is 1.73. The summed E-state index contributed by atoms with van der Waals surface area (Å²) in [7, 11) is 0. The number of hydrogen-bond acceptors (Lipinski definition) is 0. The van der Waals surface area contributed by atoms with Crippen molar-refractivity contribution in [2.24, 2.45) is 28.6 Å². The van der Waals surface area contributed by atoms with Crippen molar-refractivity contribution in [2.75, 3.05) is 0 Å². The molecule has 0 bridgehead atoms. The molecule has 2 saturated carbocycles. The molecule has 0 heterocycles. The molecule has 2 aliphatic rings. The van der Waals surface area contributed by atoms with Gasteiger partial charge in [0.2, 0.25) is 0 Å². The second kappa shape index (κ2) is 4.03. The van der Waals surface area contributed by atoms with Crippen LogP contribution in [0.15, 0.2) is 0 Å². The van der Waals surface area contributed by atoms with Gasteiger partial charge in [-0.05, 0) is 54.3 Å². The van der Waals surface area contributed by atoms with Gasteiger partial charge in [-0.2, -0.15) is 0 Å². The minimum atomic E-state index is 0.626. The quantitative estimate of drug-likeness (QED) is 0.596. The van der Waals surface area contributed by atoms with Crippen molar-refractivity contribution in [1.82, 2.24) is 0 Å². The van der Waals surface area contributed by atoms with E-state index in [9.17, 15) is 0 Å². The van der Waals surface area contributed by atoms with Crippen LogP contribution in [0.1, 0.15) is 73.1 Å². The molecule has 0 amide bonds. The predicted molar refractivity (Wildman–Crippen MR) is 71.4 cm³/mol. The Labute approximate surface area is 102 Å². The van der Waals surface area contributed by atoms with Crippen LogP contribution in [0.3, 0.4) is 0 Å². The van der Waals surface area contributed by atoms with Crippen LogP contribution in [-0.2, 0) is 0 Å². The molecule has 0 aromatic carbocycles. The van der Waals surface area contributed by atoms with E-state index < -0.39 is 0 Å². The van der Waals surface area contributed by atoms with Crippen LogP contribution in [0.5, 0.6) is 0 Å². The third-order valence-corrected chi connectivity index (χ3v) is 6.11. The van der Waals surface area contributed by atoms with E-state index in [2.05, 4.69) is 34.6 Å². The van der Waals surface area contributed by atoms with Gasteiger partial charge in [-0.1, -0.05) is 47.5 Å². The zero-order valence-corrected chi connectivity index (χ0v) is 12.0. The van der Waals surface area contributed by atoms with E-state index in [4.69, 9.17) is 0 Å². The first kappa shape index (κ1) is 12.5. The van der Waals surface area contributed by atoms with Crippen LogP contribution in [0.4, 0.5) is 0 Å². The molecule has 2 fully saturated rings. The molecule has 0 aromatic heterocycles. The van der Waals surface area contributed by atoms with Crippen LogP contribution in [0, 0.1) is 28.6 Å². The Morgan fingerprint density at radius 2 is 1.81 bits per heavy atom. The average Bonchev–Trinajstić information content (AvgIpc) is 2.39. The number of fused-ring (bicyclic) bond motifs is 1. The third-order valence-electron chi connectivity index (χ3n) is 6.11. The summed E-state index contributed by atoms with van der Waals surface area (Å²) in [4.78, 5) is 0.